The number of aliphatic hydroxyl groups excluding tert-OH is 1. The molecule has 0 spiro atoms. The minimum atomic E-state index is -1.56. The van der Waals surface area contributed by atoms with Crippen molar-refractivity contribution in [3.8, 4) is 0 Å². The largest absolute Gasteiger partial charge is 0.478 e. The van der Waals surface area contributed by atoms with Crippen LogP contribution in [0.3, 0.4) is 0 Å². The number of rotatable bonds is 7. The number of aliphatic hydroxyl groups is 1. The number of hydrogen-bond acceptors (Lipinski definition) is 5. The molecule has 0 radical (unpaired) electrons. The smallest absolute Gasteiger partial charge is 0.338 e. The quantitative estimate of drug-likeness (QED) is 0.395. The molecule has 0 fully saturated rings. The van der Waals surface area contributed by atoms with Crippen molar-refractivity contribution in [2.45, 2.75) is 12.8 Å². The number of nitrogens with one attached hydrogen (secondary N) is 1. The van der Waals surface area contributed by atoms with E-state index in [1.54, 1.807) is 0 Å². The average molecular weight is 272 g/mol. The number of aromatic carboxylic acids is 1. The standard InChI is InChI=1S/C11H13FN2O5/c12-8-6-9(13-3-1-2-4-15)10(14(18)19)5-7(8)11(16)17/h5-6,13,15H,1-4H2,(H,16,17). The molecule has 104 valence electrons. The number of carboxylic acids is 1. The first-order valence-electron chi connectivity index (χ1n) is 5.53. The molecule has 0 saturated carbocycles. The summed E-state index contributed by atoms with van der Waals surface area (Å²) < 4.78 is 13.4. The van der Waals surface area contributed by atoms with Crippen LogP contribution < -0.4 is 5.32 Å². The van der Waals surface area contributed by atoms with E-state index in [4.69, 9.17) is 10.2 Å². The molecule has 7 nitrogen and oxygen atoms in total. The molecule has 1 aromatic carbocycles. The van der Waals surface area contributed by atoms with Gasteiger partial charge < -0.3 is 15.5 Å². The Labute approximate surface area is 107 Å². The van der Waals surface area contributed by atoms with Crippen molar-refractivity contribution in [1.82, 2.24) is 0 Å². The third kappa shape index (κ3) is 3.88. The van der Waals surface area contributed by atoms with Crippen LogP contribution in [0.5, 0.6) is 0 Å². The fourth-order valence-corrected chi connectivity index (χ4v) is 1.48. The SMILES string of the molecule is O=C(O)c1cc([N+](=O)[O-])c(NCCCCO)cc1F. The molecule has 0 aliphatic rings. The fraction of sp³-hybridized carbons (Fsp3) is 0.364. The average Bonchev–Trinajstić information content (AvgIpc) is 2.33. The maximum atomic E-state index is 13.4. The number of benzene rings is 1. The lowest BCUT2D eigenvalue weighted by Gasteiger charge is -2.08. The molecule has 0 saturated heterocycles. The highest BCUT2D eigenvalue weighted by atomic mass is 19.1. The van der Waals surface area contributed by atoms with Gasteiger partial charge in [-0.2, -0.15) is 0 Å². The second kappa shape index (κ2) is 6.64. The summed E-state index contributed by atoms with van der Waals surface area (Å²) in [6.07, 6.45) is 1.06. The predicted octanol–water partition coefficient (Wildman–Crippen LogP) is 1.62. The zero-order valence-electron chi connectivity index (χ0n) is 9.93. The number of anilines is 1. The molecule has 0 atom stereocenters. The lowest BCUT2D eigenvalue weighted by Crippen LogP contribution is -2.08. The third-order valence-corrected chi connectivity index (χ3v) is 2.41. The van der Waals surface area contributed by atoms with E-state index < -0.39 is 28.0 Å². The number of nitrogens with zero attached hydrogens (tertiary/aromatic N) is 1. The molecule has 0 aliphatic carbocycles. The van der Waals surface area contributed by atoms with Crippen LogP contribution in [0.4, 0.5) is 15.8 Å². The number of halogens is 1. The number of carbonyl (C=O) groups is 1. The maximum Gasteiger partial charge on any atom is 0.338 e. The molecule has 3 N–H and O–H groups in total. The van der Waals surface area contributed by atoms with Gasteiger partial charge in [0.25, 0.3) is 5.69 Å². The van der Waals surface area contributed by atoms with Crippen LogP contribution in [0.1, 0.15) is 23.2 Å². The molecular weight excluding hydrogens is 259 g/mol. The lowest BCUT2D eigenvalue weighted by atomic mass is 10.1. The zero-order chi connectivity index (χ0) is 14.4. The van der Waals surface area contributed by atoms with E-state index in [2.05, 4.69) is 5.32 Å². The monoisotopic (exact) mass is 272 g/mol. The van der Waals surface area contributed by atoms with E-state index >= 15 is 0 Å². The van der Waals surface area contributed by atoms with Gasteiger partial charge in [0.1, 0.15) is 17.1 Å². The Balaban J connectivity index is 2.99. The third-order valence-electron chi connectivity index (χ3n) is 2.41. The minimum Gasteiger partial charge on any atom is -0.478 e. The van der Waals surface area contributed by atoms with Crippen molar-refractivity contribution in [3.05, 3.63) is 33.6 Å². The van der Waals surface area contributed by atoms with Crippen molar-refractivity contribution in [2.24, 2.45) is 0 Å². The lowest BCUT2D eigenvalue weighted by molar-refractivity contribution is -0.384. The maximum absolute atomic E-state index is 13.4. The number of unbranched alkanes of at least 4 members (excludes halogenated alkanes) is 1. The van der Waals surface area contributed by atoms with Crippen molar-refractivity contribution in [2.75, 3.05) is 18.5 Å². The molecule has 0 bridgehead atoms. The Hall–Kier alpha value is -2.22. The van der Waals surface area contributed by atoms with E-state index in [0.29, 0.717) is 25.5 Å². The second-order valence-corrected chi connectivity index (χ2v) is 3.77. The van der Waals surface area contributed by atoms with E-state index in [0.717, 1.165) is 6.07 Å². The van der Waals surface area contributed by atoms with Gasteiger partial charge in [-0.3, -0.25) is 10.1 Å². The fourth-order valence-electron chi connectivity index (χ4n) is 1.48. The van der Waals surface area contributed by atoms with Crippen LogP contribution in [0.2, 0.25) is 0 Å². The number of hydrogen-bond donors (Lipinski definition) is 3. The van der Waals surface area contributed by atoms with Crippen LogP contribution >= 0.6 is 0 Å². The number of nitro groups is 1. The summed E-state index contributed by atoms with van der Waals surface area (Å²) in [5.41, 5.74) is -1.32. The van der Waals surface area contributed by atoms with Gasteiger partial charge in [-0.1, -0.05) is 0 Å². The topological polar surface area (TPSA) is 113 Å². The molecule has 8 heteroatoms. The second-order valence-electron chi connectivity index (χ2n) is 3.77. The van der Waals surface area contributed by atoms with E-state index in [1.165, 1.54) is 0 Å². The van der Waals surface area contributed by atoms with Crippen LogP contribution in [-0.2, 0) is 0 Å². The molecule has 1 rings (SSSR count). The molecule has 0 heterocycles. The first-order chi connectivity index (χ1) is 8.97. The van der Waals surface area contributed by atoms with Gasteiger partial charge >= 0.3 is 5.97 Å². The number of nitro benzene ring substituents is 1. The Morgan fingerprint density at radius 1 is 1.42 bits per heavy atom. The number of carboxylic acid groups (broad SMARTS) is 1. The highest BCUT2D eigenvalue weighted by molar-refractivity contribution is 5.90. The van der Waals surface area contributed by atoms with Gasteiger partial charge in [0.05, 0.1) is 4.92 Å². The highest BCUT2D eigenvalue weighted by Gasteiger charge is 2.21. The van der Waals surface area contributed by atoms with Crippen LogP contribution in [0.25, 0.3) is 0 Å². The summed E-state index contributed by atoms with van der Waals surface area (Å²) in [5.74, 6) is -2.60. The summed E-state index contributed by atoms with van der Waals surface area (Å²) in [4.78, 5) is 20.7. The van der Waals surface area contributed by atoms with Gasteiger partial charge in [-0.05, 0) is 12.8 Å². The summed E-state index contributed by atoms with van der Waals surface area (Å²) in [7, 11) is 0. The van der Waals surface area contributed by atoms with Crippen LogP contribution in [-0.4, -0.2) is 34.3 Å². The van der Waals surface area contributed by atoms with E-state index in [-0.39, 0.29) is 12.3 Å². The van der Waals surface area contributed by atoms with Gasteiger partial charge in [-0.15, -0.1) is 0 Å². The van der Waals surface area contributed by atoms with Gasteiger partial charge in [-0.25, -0.2) is 9.18 Å². The Kier molecular flexibility index (Phi) is 5.19. The van der Waals surface area contributed by atoms with Gasteiger partial charge in [0.2, 0.25) is 0 Å². The summed E-state index contributed by atoms with van der Waals surface area (Å²) in [5, 5.41) is 30.7. The molecule has 1 aromatic rings. The normalized spacial score (nSPS) is 10.2. The van der Waals surface area contributed by atoms with E-state index in [1.807, 2.05) is 0 Å². The predicted molar refractivity (Wildman–Crippen MR) is 64.8 cm³/mol. The van der Waals surface area contributed by atoms with Gasteiger partial charge in [0, 0.05) is 25.3 Å². The zero-order valence-corrected chi connectivity index (χ0v) is 9.93. The summed E-state index contributed by atoms with van der Waals surface area (Å²) in [6.45, 7) is 0.309. The highest BCUT2D eigenvalue weighted by Crippen LogP contribution is 2.27. The molecule has 19 heavy (non-hydrogen) atoms. The Bertz CT molecular complexity index is 492. The van der Waals surface area contributed by atoms with Crippen molar-refractivity contribution in [3.63, 3.8) is 0 Å². The van der Waals surface area contributed by atoms with Crippen molar-refractivity contribution in [1.29, 1.82) is 0 Å². The molecular formula is C11H13FN2O5. The summed E-state index contributed by atoms with van der Waals surface area (Å²) >= 11 is 0. The summed E-state index contributed by atoms with van der Waals surface area (Å²) in [6, 6.07) is 1.48. The van der Waals surface area contributed by atoms with Crippen LogP contribution in [0, 0.1) is 15.9 Å². The molecule has 0 unspecified atom stereocenters. The van der Waals surface area contributed by atoms with Crippen molar-refractivity contribution < 1.29 is 24.3 Å². The van der Waals surface area contributed by atoms with Crippen molar-refractivity contribution >= 4 is 17.3 Å². The first kappa shape index (κ1) is 14.8. The molecule has 0 aromatic heterocycles. The Morgan fingerprint density at radius 3 is 2.63 bits per heavy atom. The van der Waals surface area contributed by atoms with E-state index in [9.17, 15) is 19.3 Å². The first-order valence-corrected chi connectivity index (χ1v) is 5.53. The molecule has 0 aliphatic heterocycles. The molecule has 0 amide bonds. The van der Waals surface area contributed by atoms with Crippen LogP contribution in [0.15, 0.2) is 12.1 Å². The Morgan fingerprint density at radius 2 is 2.11 bits per heavy atom. The van der Waals surface area contributed by atoms with Gasteiger partial charge in [0.15, 0.2) is 0 Å². The minimum absolute atomic E-state index is 0.00388.